The largest absolute Gasteiger partial charge is 0.321 e. The van der Waals surface area contributed by atoms with Gasteiger partial charge in [0, 0.05) is 6.07 Å². The van der Waals surface area contributed by atoms with Crippen LogP contribution in [0.2, 0.25) is 0 Å². The van der Waals surface area contributed by atoms with Gasteiger partial charge in [-0.15, -0.1) is 0 Å². The number of carbonyl (C=O) groups excluding carboxylic acids is 1. The van der Waals surface area contributed by atoms with E-state index in [0.29, 0.717) is 6.07 Å². The second-order valence-electron chi connectivity index (χ2n) is 2.41. The quantitative estimate of drug-likeness (QED) is 0.791. The van der Waals surface area contributed by atoms with Crippen LogP contribution >= 0.6 is 23.2 Å². The summed E-state index contributed by atoms with van der Waals surface area (Å²) in [6, 6.07) is 2.74. The Morgan fingerprint density at radius 2 is 2.00 bits per heavy atom. The number of amides is 1. The normalized spacial score (nSPS) is 10.4. The molecule has 0 bridgehead atoms. The Kier molecular flexibility index (Phi) is 3.66. The molecule has 6 heteroatoms. The topological polar surface area (TPSA) is 29.1 Å². The third-order valence-electron chi connectivity index (χ3n) is 1.39. The summed E-state index contributed by atoms with van der Waals surface area (Å²) in [5.41, 5.74) is -0.164. The molecule has 1 N–H and O–H groups in total. The van der Waals surface area contributed by atoms with Crippen molar-refractivity contribution < 1.29 is 13.6 Å². The molecule has 0 heterocycles. The molecule has 2 nitrogen and oxygen atoms in total. The molecule has 1 rings (SSSR count). The van der Waals surface area contributed by atoms with Crippen LogP contribution < -0.4 is 5.32 Å². The maximum absolute atomic E-state index is 12.9. The number of anilines is 1. The lowest BCUT2D eigenvalue weighted by atomic mass is 10.3. The van der Waals surface area contributed by atoms with Gasteiger partial charge in [-0.25, -0.2) is 8.78 Å². The molecule has 0 saturated carbocycles. The van der Waals surface area contributed by atoms with E-state index in [-0.39, 0.29) is 5.69 Å². The smallest absolute Gasteiger partial charge is 0.257 e. The van der Waals surface area contributed by atoms with Gasteiger partial charge in [0.25, 0.3) is 5.91 Å². The first-order valence-corrected chi connectivity index (χ1v) is 4.42. The zero-order valence-electron chi connectivity index (χ0n) is 6.73. The summed E-state index contributed by atoms with van der Waals surface area (Å²) < 4.78 is 25.4. The number of alkyl halides is 2. The fraction of sp³-hybridized carbons (Fsp3) is 0.125. The van der Waals surface area contributed by atoms with Crippen molar-refractivity contribution in [2.75, 3.05) is 5.32 Å². The van der Waals surface area contributed by atoms with Gasteiger partial charge in [-0.3, -0.25) is 4.79 Å². The summed E-state index contributed by atoms with van der Waals surface area (Å²) in [7, 11) is 0. The van der Waals surface area contributed by atoms with E-state index in [1.165, 1.54) is 0 Å². The first-order valence-electron chi connectivity index (χ1n) is 3.55. The predicted molar refractivity (Wildman–Crippen MR) is 50.5 cm³/mol. The van der Waals surface area contributed by atoms with Crippen LogP contribution in [0.5, 0.6) is 0 Å². The molecule has 0 aliphatic heterocycles. The Bertz CT molecular complexity index is 357. The van der Waals surface area contributed by atoms with Crippen LogP contribution in [-0.2, 0) is 4.79 Å². The predicted octanol–water partition coefficient (Wildman–Crippen LogP) is 2.71. The minimum absolute atomic E-state index is 0.164. The number of carbonyl (C=O) groups is 1. The van der Waals surface area contributed by atoms with Crippen molar-refractivity contribution in [3.8, 4) is 0 Å². The Morgan fingerprint density at radius 3 is 2.50 bits per heavy atom. The number of hydrogen-bond acceptors (Lipinski definition) is 1. The minimum atomic E-state index is -1.29. The summed E-state index contributed by atoms with van der Waals surface area (Å²) in [5.74, 6) is -2.38. The van der Waals surface area contributed by atoms with Gasteiger partial charge in [0.05, 0.1) is 5.69 Å². The fourth-order valence-electron chi connectivity index (χ4n) is 0.778. The summed E-state index contributed by atoms with van der Waals surface area (Å²) >= 11 is 10.4. The van der Waals surface area contributed by atoms with E-state index < -0.39 is 22.4 Å². The third kappa shape index (κ3) is 2.82. The second kappa shape index (κ2) is 4.57. The standard InChI is InChI=1S/C8H5Cl2F2NO/c9-7(10)8(14)13-6-2-1-4(11)3-5(6)12/h1-3,7H,(H,13,14). The second-order valence-corrected chi connectivity index (χ2v) is 3.51. The molecule has 14 heavy (non-hydrogen) atoms. The molecule has 0 aromatic heterocycles. The van der Waals surface area contributed by atoms with Crippen LogP contribution in [0, 0.1) is 11.6 Å². The fourth-order valence-corrected chi connectivity index (χ4v) is 0.887. The molecule has 1 aromatic carbocycles. The molecular weight excluding hydrogens is 235 g/mol. The van der Waals surface area contributed by atoms with Gasteiger partial charge in [-0.1, -0.05) is 23.2 Å². The Balaban J connectivity index is 2.82. The highest BCUT2D eigenvalue weighted by atomic mass is 35.5. The summed E-state index contributed by atoms with van der Waals surface area (Å²) in [5, 5.41) is 2.09. The first kappa shape index (κ1) is 11.2. The van der Waals surface area contributed by atoms with E-state index in [1.807, 2.05) is 0 Å². The zero-order valence-corrected chi connectivity index (χ0v) is 8.24. The number of rotatable bonds is 2. The molecule has 76 valence electrons. The average molecular weight is 240 g/mol. The summed E-state index contributed by atoms with van der Waals surface area (Å²) in [6.07, 6.45) is 0. The number of hydrogen-bond donors (Lipinski definition) is 1. The molecular formula is C8H5Cl2F2NO. The van der Waals surface area contributed by atoms with Crippen molar-refractivity contribution in [3.63, 3.8) is 0 Å². The van der Waals surface area contributed by atoms with Crippen LogP contribution in [0.3, 0.4) is 0 Å². The van der Waals surface area contributed by atoms with Crippen molar-refractivity contribution in [3.05, 3.63) is 29.8 Å². The van der Waals surface area contributed by atoms with Gasteiger partial charge in [-0.05, 0) is 12.1 Å². The summed E-state index contributed by atoms with van der Waals surface area (Å²) in [4.78, 5) is 9.62. The Labute approximate surface area is 88.8 Å². The van der Waals surface area contributed by atoms with Crippen LogP contribution in [0.4, 0.5) is 14.5 Å². The van der Waals surface area contributed by atoms with Crippen molar-refractivity contribution >= 4 is 34.8 Å². The van der Waals surface area contributed by atoms with Crippen molar-refractivity contribution in [1.29, 1.82) is 0 Å². The van der Waals surface area contributed by atoms with E-state index >= 15 is 0 Å². The minimum Gasteiger partial charge on any atom is -0.321 e. The zero-order chi connectivity index (χ0) is 10.7. The first-order chi connectivity index (χ1) is 6.50. The van der Waals surface area contributed by atoms with Gasteiger partial charge < -0.3 is 5.32 Å². The lowest BCUT2D eigenvalue weighted by Gasteiger charge is -2.05. The SMILES string of the molecule is O=C(Nc1ccc(F)cc1F)C(Cl)Cl. The summed E-state index contributed by atoms with van der Waals surface area (Å²) in [6.45, 7) is 0. The number of halogens is 4. The van der Waals surface area contributed by atoms with Crippen LogP contribution in [0.25, 0.3) is 0 Å². The number of nitrogens with one attached hydrogen (secondary N) is 1. The average Bonchev–Trinajstić information content (AvgIpc) is 2.09. The molecule has 0 saturated heterocycles. The molecule has 1 aromatic rings. The Hall–Kier alpha value is -0.870. The van der Waals surface area contributed by atoms with Gasteiger partial charge in [0.2, 0.25) is 0 Å². The van der Waals surface area contributed by atoms with Crippen LogP contribution in [0.15, 0.2) is 18.2 Å². The maximum atomic E-state index is 12.9. The lowest BCUT2D eigenvalue weighted by Crippen LogP contribution is -2.19. The van der Waals surface area contributed by atoms with Gasteiger partial charge in [0.15, 0.2) is 4.84 Å². The van der Waals surface area contributed by atoms with E-state index in [9.17, 15) is 13.6 Å². The molecule has 0 unspecified atom stereocenters. The van der Waals surface area contributed by atoms with Gasteiger partial charge in [0.1, 0.15) is 11.6 Å². The van der Waals surface area contributed by atoms with E-state index in [4.69, 9.17) is 23.2 Å². The van der Waals surface area contributed by atoms with Crippen molar-refractivity contribution in [2.24, 2.45) is 0 Å². The van der Waals surface area contributed by atoms with E-state index in [1.54, 1.807) is 0 Å². The van der Waals surface area contributed by atoms with Crippen molar-refractivity contribution in [1.82, 2.24) is 0 Å². The molecule has 0 atom stereocenters. The van der Waals surface area contributed by atoms with E-state index in [2.05, 4.69) is 5.32 Å². The lowest BCUT2D eigenvalue weighted by molar-refractivity contribution is -0.114. The maximum Gasteiger partial charge on any atom is 0.257 e. The highest BCUT2D eigenvalue weighted by Gasteiger charge is 2.13. The highest BCUT2D eigenvalue weighted by Crippen LogP contribution is 2.16. The van der Waals surface area contributed by atoms with Gasteiger partial charge >= 0.3 is 0 Å². The van der Waals surface area contributed by atoms with Crippen molar-refractivity contribution in [2.45, 2.75) is 4.84 Å². The highest BCUT2D eigenvalue weighted by molar-refractivity contribution is 6.54. The Morgan fingerprint density at radius 1 is 1.36 bits per heavy atom. The van der Waals surface area contributed by atoms with E-state index in [0.717, 1.165) is 12.1 Å². The van der Waals surface area contributed by atoms with Gasteiger partial charge in [-0.2, -0.15) is 0 Å². The molecule has 0 aliphatic carbocycles. The molecule has 0 fully saturated rings. The molecule has 0 spiro atoms. The molecule has 1 amide bonds. The van der Waals surface area contributed by atoms with Crippen LogP contribution in [-0.4, -0.2) is 10.7 Å². The third-order valence-corrected chi connectivity index (χ3v) is 1.78. The molecule has 0 radical (unpaired) electrons. The number of benzene rings is 1. The van der Waals surface area contributed by atoms with Crippen LogP contribution in [0.1, 0.15) is 0 Å². The molecule has 0 aliphatic rings. The monoisotopic (exact) mass is 239 g/mol.